The number of nitrogens with one attached hydrogen (secondary N) is 1. The predicted molar refractivity (Wildman–Crippen MR) is 289 cm³/mol. The number of aliphatic hydroxyl groups is 3. The number of benzene rings is 1. The number of ether oxygens (including phenoxy) is 4. The highest BCUT2D eigenvalue weighted by atomic mass is 16.7. The summed E-state index contributed by atoms with van der Waals surface area (Å²) < 4.78 is 35.3. The van der Waals surface area contributed by atoms with Crippen molar-refractivity contribution in [2.75, 3.05) is 26.4 Å². The third-order valence-corrected chi connectivity index (χ3v) is 24.9. The zero-order valence-corrected chi connectivity index (χ0v) is 47.0. The Hall–Kier alpha value is -3.59. The van der Waals surface area contributed by atoms with Crippen LogP contribution in [0.4, 0.5) is 0 Å². The molecule has 12 aliphatic rings. The van der Waals surface area contributed by atoms with E-state index in [0.29, 0.717) is 55.2 Å². The smallest absolute Gasteiger partial charge is 0.339 e. The minimum atomic E-state index is -1.50. The van der Waals surface area contributed by atoms with Crippen molar-refractivity contribution in [1.82, 2.24) is 10.2 Å². The van der Waals surface area contributed by atoms with Gasteiger partial charge in [0, 0.05) is 40.8 Å². The molecule has 20 unspecified atom stereocenters. The summed E-state index contributed by atoms with van der Waals surface area (Å²) >= 11 is 0. The number of nitrogens with zero attached hydrogens (tertiary/aromatic N) is 1. The molecule has 13 heteroatoms. The molecule has 424 valence electrons. The van der Waals surface area contributed by atoms with Crippen LogP contribution in [0.25, 0.3) is 0 Å². The Morgan fingerprint density at radius 1 is 0.910 bits per heavy atom. The van der Waals surface area contributed by atoms with Gasteiger partial charge in [0.05, 0.1) is 48.7 Å². The molecule has 4 spiro atoms. The minimum absolute atomic E-state index is 0.00309. The molecule has 13 nitrogen and oxygen atoms in total. The van der Waals surface area contributed by atoms with Crippen LogP contribution in [0.5, 0.6) is 0 Å². The maximum absolute atomic E-state index is 16.5. The quantitative estimate of drug-likeness (QED) is 0.124. The first-order chi connectivity index (χ1) is 37.5. The first kappa shape index (κ1) is 52.5. The number of ketones is 1. The summed E-state index contributed by atoms with van der Waals surface area (Å²) in [6.07, 6.45) is 16.8. The van der Waals surface area contributed by atoms with Crippen molar-refractivity contribution in [3.8, 4) is 0 Å². The number of Topliss-reactive ketones (excluding diaryl/α,β-unsaturated/α-hetero) is 1. The van der Waals surface area contributed by atoms with Crippen LogP contribution in [0.3, 0.4) is 0 Å². The van der Waals surface area contributed by atoms with Gasteiger partial charge in [-0.3, -0.25) is 14.9 Å². The van der Waals surface area contributed by atoms with Crippen LogP contribution in [0.2, 0.25) is 0 Å². The first-order valence-electron chi connectivity index (χ1n) is 31.0. The maximum atomic E-state index is 16.5. The molecule has 5 saturated heterocycles. The van der Waals surface area contributed by atoms with Crippen LogP contribution in [-0.4, -0.2) is 106 Å². The number of hydrogen-bond acceptors (Lipinski definition) is 13. The van der Waals surface area contributed by atoms with Gasteiger partial charge in [0.2, 0.25) is 0 Å². The Labute approximate surface area is 461 Å². The number of furan rings is 1. The monoisotopic (exact) mass is 1070 g/mol. The van der Waals surface area contributed by atoms with Crippen molar-refractivity contribution >= 4 is 17.7 Å². The van der Waals surface area contributed by atoms with Gasteiger partial charge < -0.3 is 43.6 Å². The minimum Gasteiger partial charge on any atom is -0.469 e. The standard InChI is InChI=1S/C65H88N2O11/c1-37(2)26-43-31-61(21-9-10-22-61)34-62(43)57-63(35-75-58(62)73)50-18-23-60(5)54(45-20-25-74-49(45)30-46(48(69)33-68)40-16-17-44-41(29-40)19-24-67-36-66-32-47(44)67)76-56(72)55-65(60,77-55)64(50,53(71)51(70)52(63)59(3,4)78-57)42-15-11-14-39(28-42)27-38-12-7-6-8-13-38/h6-8,12-13,19-20,24-25,37,39-44,46-48,50,52-55,57,66,68-69,71H,9-11,14-18,21-23,26-36H2,1-5H3. The van der Waals surface area contributed by atoms with Crippen LogP contribution in [0, 0.1) is 86.3 Å². The van der Waals surface area contributed by atoms with E-state index < -0.39 is 81.2 Å². The Balaban J connectivity index is 0.895. The average molecular weight is 1070 g/mol. The Bertz CT molecular complexity index is 2700. The molecule has 0 radical (unpaired) electrons. The van der Waals surface area contributed by atoms with Crippen molar-refractivity contribution in [2.45, 2.75) is 198 Å². The maximum Gasteiger partial charge on any atom is 0.339 e. The lowest BCUT2D eigenvalue weighted by Crippen LogP contribution is -2.80. The van der Waals surface area contributed by atoms with Crippen molar-refractivity contribution in [1.29, 1.82) is 0 Å². The molecule has 11 fully saturated rings. The van der Waals surface area contributed by atoms with E-state index >= 15 is 14.4 Å². The largest absolute Gasteiger partial charge is 0.469 e. The van der Waals surface area contributed by atoms with E-state index in [1.807, 2.05) is 19.9 Å². The summed E-state index contributed by atoms with van der Waals surface area (Å²) in [6.45, 7) is 12.2. The number of allylic oxidation sites excluding steroid dienone is 1. The number of carbonyl (C=O) groups excluding carboxylic acids is 3. The summed E-state index contributed by atoms with van der Waals surface area (Å²) in [5.74, 6) is -0.423. The number of fused-ring (bicyclic) bond motifs is 5. The number of aliphatic hydroxyl groups excluding tert-OH is 3. The molecular weight excluding hydrogens is 985 g/mol. The molecule has 6 aliphatic carbocycles. The zero-order valence-electron chi connectivity index (χ0n) is 47.0. The normalized spacial score (nSPS) is 46.1. The molecule has 14 rings (SSSR count). The second kappa shape index (κ2) is 18.5. The highest BCUT2D eigenvalue weighted by molar-refractivity contribution is 5.93. The lowest BCUT2D eigenvalue weighted by Gasteiger charge is -2.71. The summed E-state index contributed by atoms with van der Waals surface area (Å²) in [6, 6.07) is 13.0. The number of cyclic esters (lactones) is 2. The van der Waals surface area contributed by atoms with E-state index in [9.17, 15) is 15.3 Å². The van der Waals surface area contributed by atoms with Gasteiger partial charge in [0.25, 0.3) is 0 Å². The molecule has 20 atom stereocenters. The van der Waals surface area contributed by atoms with Gasteiger partial charge in [-0.2, -0.15) is 0 Å². The lowest BCUT2D eigenvalue weighted by atomic mass is 9.32. The van der Waals surface area contributed by atoms with Crippen LogP contribution in [0.15, 0.2) is 59.4 Å². The van der Waals surface area contributed by atoms with Crippen molar-refractivity contribution < 1.29 is 53.1 Å². The molecule has 1 aromatic carbocycles. The topological polar surface area (TPSA) is 181 Å². The van der Waals surface area contributed by atoms with Gasteiger partial charge in [0.1, 0.15) is 30.2 Å². The Morgan fingerprint density at radius 3 is 2.50 bits per heavy atom. The SMILES string of the molecule is CC(C)CC1CC2(CCCC2)CC12C(=O)OCC13C(C(=O)C(O)C4(C5CCCC(Cc6ccccc6)C5)C1CCC1(C)C(c5ccoc5CC(C(O)CO)C5CCC6C(C=CN7CNCC67)C5)OC(=O)C5OC514)C(C)(C)OC23. The van der Waals surface area contributed by atoms with Crippen molar-refractivity contribution in [2.24, 2.45) is 86.3 Å². The van der Waals surface area contributed by atoms with Gasteiger partial charge in [-0.25, -0.2) is 4.79 Å². The fourth-order valence-corrected chi connectivity index (χ4v) is 22.4. The molecule has 0 bridgehead atoms. The average Bonchev–Trinajstić information content (AvgIpc) is 1.60. The Morgan fingerprint density at radius 2 is 1.72 bits per heavy atom. The molecule has 4 N–H and O–H groups in total. The second-order valence-corrected chi connectivity index (χ2v) is 29.2. The van der Waals surface area contributed by atoms with Gasteiger partial charge >= 0.3 is 11.9 Å². The third kappa shape index (κ3) is 7.08. The second-order valence-electron chi connectivity index (χ2n) is 29.2. The molecule has 7 heterocycles. The number of epoxide rings is 1. The van der Waals surface area contributed by atoms with Crippen LogP contribution in [-0.2, 0) is 46.2 Å². The fourth-order valence-electron chi connectivity index (χ4n) is 22.4. The zero-order chi connectivity index (χ0) is 53.9. The highest BCUT2D eigenvalue weighted by Crippen LogP contribution is 2.84. The molecule has 0 amide bonds. The molecule has 6 saturated carbocycles. The molecule has 1 aromatic heterocycles. The van der Waals surface area contributed by atoms with Crippen molar-refractivity contribution in [3.63, 3.8) is 0 Å². The van der Waals surface area contributed by atoms with Gasteiger partial charge in [-0.05, 0) is 174 Å². The van der Waals surface area contributed by atoms with Crippen LogP contribution >= 0.6 is 0 Å². The number of esters is 2. The van der Waals surface area contributed by atoms with E-state index in [4.69, 9.17) is 23.4 Å². The van der Waals surface area contributed by atoms with Crippen molar-refractivity contribution in [3.05, 3.63) is 71.8 Å². The summed E-state index contributed by atoms with van der Waals surface area (Å²) in [7, 11) is 0. The molecule has 78 heavy (non-hydrogen) atoms. The predicted octanol–water partition coefficient (Wildman–Crippen LogP) is 9.05. The summed E-state index contributed by atoms with van der Waals surface area (Å²) in [4.78, 5) is 49.7. The van der Waals surface area contributed by atoms with Crippen LogP contribution in [0.1, 0.15) is 160 Å². The van der Waals surface area contributed by atoms with Gasteiger partial charge in [-0.1, -0.05) is 82.9 Å². The number of carbonyl (C=O) groups is 3. The number of hydrogen-bond donors (Lipinski definition) is 4. The van der Waals surface area contributed by atoms with Gasteiger partial charge in [0.15, 0.2) is 11.9 Å². The van der Waals surface area contributed by atoms with E-state index in [-0.39, 0.29) is 60.0 Å². The summed E-state index contributed by atoms with van der Waals surface area (Å²) in [5.41, 5.74) is -4.61. The lowest BCUT2D eigenvalue weighted by molar-refractivity contribution is -0.288. The summed E-state index contributed by atoms with van der Waals surface area (Å²) in [5, 5.41) is 40.1. The highest BCUT2D eigenvalue weighted by Gasteiger charge is 2.94. The van der Waals surface area contributed by atoms with E-state index in [2.05, 4.69) is 73.6 Å². The third-order valence-electron chi connectivity index (χ3n) is 24.9. The first-order valence-corrected chi connectivity index (χ1v) is 31.0. The Kier molecular flexibility index (Phi) is 12.4. The van der Waals surface area contributed by atoms with E-state index in [1.54, 1.807) is 6.26 Å². The van der Waals surface area contributed by atoms with E-state index in [1.165, 1.54) is 5.56 Å². The van der Waals surface area contributed by atoms with E-state index in [0.717, 1.165) is 109 Å². The van der Waals surface area contributed by atoms with Gasteiger partial charge in [-0.15, -0.1) is 0 Å². The van der Waals surface area contributed by atoms with Crippen LogP contribution < -0.4 is 5.32 Å². The molecule has 2 aromatic rings. The number of rotatable bonds is 11. The molecular formula is C65H88N2O11. The fraction of sp³-hybridized carbons (Fsp3) is 0.769. The molecule has 6 aliphatic heterocycles.